The zero-order chi connectivity index (χ0) is 17.3. The van der Waals surface area contributed by atoms with Gasteiger partial charge in [0.2, 0.25) is 0 Å². The molecule has 23 heavy (non-hydrogen) atoms. The molecule has 0 spiro atoms. The summed E-state index contributed by atoms with van der Waals surface area (Å²) in [5.74, 6) is 0.901. The van der Waals surface area contributed by atoms with Gasteiger partial charge in [0.15, 0.2) is 0 Å². The quantitative estimate of drug-likeness (QED) is 0.163. The van der Waals surface area contributed by atoms with E-state index in [-0.39, 0.29) is 11.9 Å². The van der Waals surface area contributed by atoms with Gasteiger partial charge in [0.05, 0.1) is 12.5 Å². The van der Waals surface area contributed by atoms with Crippen molar-refractivity contribution < 1.29 is 9.53 Å². The monoisotopic (exact) mass is 390 g/mol. The first-order valence-corrected chi connectivity index (χ1v) is 10.9. The first-order valence-electron chi connectivity index (χ1n) is 9.80. The molecule has 0 rings (SSSR count). The molecule has 0 aliphatic carbocycles. The van der Waals surface area contributed by atoms with Crippen LogP contribution in [0.2, 0.25) is 0 Å². The molecule has 0 fully saturated rings. The Morgan fingerprint density at radius 2 is 1.30 bits per heavy atom. The second-order valence-electron chi connectivity index (χ2n) is 7.26. The minimum absolute atomic E-state index is 0.00225. The lowest BCUT2D eigenvalue weighted by atomic mass is 10.0. The summed E-state index contributed by atoms with van der Waals surface area (Å²) in [6.07, 6.45) is 14.7. The van der Waals surface area contributed by atoms with Crippen LogP contribution in [0.5, 0.6) is 0 Å². The Hall–Kier alpha value is -0.0500. The van der Waals surface area contributed by atoms with Gasteiger partial charge in [-0.1, -0.05) is 94.5 Å². The summed E-state index contributed by atoms with van der Waals surface area (Å²) < 4.78 is 5.39. The fraction of sp³-hybridized carbons (Fsp3) is 0.950. The van der Waals surface area contributed by atoms with E-state index in [9.17, 15) is 4.79 Å². The third-order valence-electron chi connectivity index (χ3n) is 4.34. The van der Waals surface area contributed by atoms with Crippen LogP contribution in [0.15, 0.2) is 0 Å². The van der Waals surface area contributed by atoms with E-state index in [4.69, 9.17) is 4.74 Å². The molecule has 3 heteroatoms. The van der Waals surface area contributed by atoms with Crippen molar-refractivity contribution in [3.63, 3.8) is 0 Å². The number of unbranched alkanes of at least 4 members (excludes halogenated alkanes) is 8. The summed E-state index contributed by atoms with van der Waals surface area (Å²) in [5.41, 5.74) is 0. The predicted octanol–water partition coefficient (Wildman–Crippen LogP) is 6.90. The maximum atomic E-state index is 11.9. The molecule has 1 atom stereocenters. The van der Waals surface area contributed by atoms with Crippen molar-refractivity contribution in [1.29, 1.82) is 0 Å². The van der Waals surface area contributed by atoms with Crippen molar-refractivity contribution >= 4 is 21.9 Å². The van der Waals surface area contributed by atoms with Crippen LogP contribution in [0.3, 0.4) is 0 Å². The van der Waals surface area contributed by atoms with Crippen LogP contribution < -0.4 is 0 Å². The molecule has 0 aliphatic heterocycles. The number of hydrogen-bond donors (Lipinski definition) is 0. The Morgan fingerprint density at radius 1 is 0.783 bits per heavy atom. The van der Waals surface area contributed by atoms with Crippen LogP contribution in [0, 0.1) is 11.8 Å². The summed E-state index contributed by atoms with van der Waals surface area (Å²) >= 11 is 3.44. The molecular formula is C20H39BrO2. The lowest BCUT2D eigenvalue weighted by molar-refractivity contribution is -0.148. The Morgan fingerprint density at radius 3 is 1.91 bits per heavy atom. The molecule has 2 nitrogen and oxygen atoms in total. The zero-order valence-corrected chi connectivity index (χ0v) is 17.3. The molecule has 1 unspecified atom stereocenters. The summed E-state index contributed by atoms with van der Waals surface area (Å²) in [5, 5.41) is 1.09. The van der Waals surface area contributed by atoms with Gasteiger partial charge in [-0.3, -0.25) is 4.79 Å². The average Bonchev–Trinajstić information content (AvgIpc) is 2.52. The Bertz CT molecular complexity index is 266. The van der Waals surface area contributed by atoms with Gasteiger partial charge < -0.3 is 4.74 Å². The molecular weight excluding hydrogens is 352 g/mol. The van der Waals surface area contributed by atoms with E-state index in [1.807, 2.05) is 6.92 Å². The van der Waals surface area contributed by atoms with Gasteiger partial charge >= 0.3 is 5.97 Å². The van der Waals surface area contributed by atoms with Gasteiger partial charge in [-0.05, 0) is 25.2 Å². The third-order valence-corrected chi connectivity index (χ3v) is 4.90. The third kappa shape index (κ3) is 16.6. The number of rotatable bonds is 16. The number of carbonyl (C=O) groups is 1. The molecule has 0 aromatic carbocycles. The maximum Gasteiger partial charge on any atom is 0.308 e. The molecule has 0 aliphatic rings. The first-order chi connectivity index (χ1) is 11.1. The van der Waals surface area contributed by atoms with Crippen LogP contribution >= 0.6 is 15.9 Å². The summed E-state index contributed by atoms with van der Waals surface area (Å²) in [7, 11) is 0. The van der Waals surface area contributed by atoms with Crippen molar-refractivity contribution in [3.8, 4) is 0 Å². The number of halogens is 1. The van der Waals surface area contributed by atoms with Gasteiger partial charge in [-0.15, -0.1) is 0 Å². The van der Waals surface area contributed by atoms with E-state index in [2.05, 4.69) is 29.8 Å². The molecule has 0 N–H and O–H groups in total. The Labute approximate surface area is 153 Å². The average molecular weight is 391 g/mol. The Balaban J connectivity index is 3.34. The van der Waals surface area contributed by atoms with Crippen molar-refractivity contribution in [2.75, 3.05) is 11.9 Å². The van der Waals surface area contributed by atoms with E-state index < -0.39 is 0 Å². The van der Waals surface area contributed by atoms with E-state index >= 15 is 0 Å². The standard InChI is InChI=1S/C20H39BrO2/c1-18(2)14-10-6-4-5-9-13-17-23-20(22)19(3)15-11-7-8-12-16-21/h18-19H,4-17H2,1-3H3. The van der Waals surface area contributed by atoms with Crippen LogP contribution in [0.1, 0.15) is 97.8 Å². The van der Waals surface area contributed by atoms with Gasteiger partial charge in [0.25, 0.3) is 0 Å². The molecule has 0 saturated carbocycles. The van der Waals surface area contributed by atoms with Crippen molar-refractivity contribution in [1.82, 2.24) is 0 Å². The van der Waals surface area contributed by atoms with E-state index in [0.717, 1.165) is 30.5 Å². The molecule has 0 amide bonds. The van der Waals surface area contributed by atoms with E-state index in [0.29, 0.717) is 6.61 Å². The van der Waals surface area contributed by atoms with Crippen LogP contribution in [-0.2, 0) is 9.53 Å². The number of alkyl halides is 1. The summed E-state index contributed by atoms with van der Waals surface area (Å²) in [6.45, 7) is 7.19. The smallest absolute Gasteiger partial charge is 0.308 e. The molecule has 0 radical (unpaired) electrons. The van der Waals surface area contributed by atoms with Gasteiger partial charge in [0.1, 0.15) is 0 Å². The van der Waals surface area contributed by atoms with E-state index in [1.54, 1.807) is 0 Å². The zero-order valence-electron chi connectivity index (χ0n) is 15.7. The Kier molecular flexibility index (Phi) is 16.8. The number of ether oxygens (including phenoxy) is 1. The highest BCUT2D eigenvalue weighted by molar-refractivity contribution is 9.09. The topological polar surface area (TPSA) is 26.3 Å². The predicted molar refractivity (Wildman–Crippen MR) is 104 cm³/mol. The second kappa shape index (κ2) is 16.8. The second-order valence-corrected chi connectivity index (χ2v) is 8.06. The summed E-state index contributed by atoms with van der Waals surface area (Å²) in [4.78, 5) is 11.9. The molecule has 0 heterocycles. The normalized spacial score (nSPS) is 12.6. The van der Waals surface area contributed by atoms with Gasteiger partial charge in [-0.25, -0.2) is 0 Å². The minimum Gasteiger partial charge on any atom is -0.465 e. The summed E-state index contributed by atoms with van der Waals surface area (Å²) in [6, 6.07) is 0. The maximum absolute atomic E-state index is 11.9. The highest BCUT2D eigenvalue weighted by atomic mass is 79.9. The fourth-order valence-corrected chi connectivity index (χ4v) is 3.09. The van der Waals surface area contributed by atoms with Crippen LogP contribution in [-0.4, -0.2) is 17.9 Å². The molecule has 0 bridgehead atoms. The van der Waals surface area contributed by atoms with Gasteiger partial charge in [-0.2, -0.15) is 0 Å². The SMILES string of the molecule is CC(C)CCCCCCCCOC(=O)C(C)CCCCCCBr. The largest absolute Gasteiger partial charge is 0.465 e. The van der Waals surface area contributed by atoms with E-state index in [1.165, 1.54) is 57.8 Å². The molecule has 0 aromatic rings. The van der Waals surface area contributed by atoms with Crippen LogP contribution in [0.25, 0.3) is 0 Å². The van der Waals surface area contributed by atoms with Crippen molar-refractivity contribution in [2.24, 2.45) is 11.8 Å². The lowest BCUT2D eigenvalue weighted by Crippen LogP contribution is -2.15. The molecule has 138 valence electrons. The lowest BCUT2D eigenvalue weighted by Gasteiger charge is -2.11. The van der Waals surface area contributed by atoms with Crippen molar-refractivity contribution in [3.05, 3.63) is 0 Å². The highest BCUT2D eigenvalue weighted by Gasteiger charge is 2.13. The fourth-order valence-electron chi connectivity index (χ4n) is 2.69. The van der Waals surface area contributed by atoms with Crippen LogP contribution in [0.4, 0.5) is 0 Å². The number of hydrogen-bond acceptors (Lipinski definition) is 2. The number of carbonyl (C=O) groups excluding carboxylic acids is 1. The minimum atomic E-state index is 0.00225. The molecule has 0 aromatic heterocycles. The van der Waals surface area contributed by atoms with Crippen molar-refractivity contribution in [2.45, 2.75) is 97.8 Å². The molecule has 0 saturated heterocycles. The first kappa shape index (κ1) is 22.9. The number of esters is 1. The van der Waals surface area contributed by atoms with Gasteiger partial charge in [0, 0.05) is 5.33 Å². The highest BCUT2D eigenvalue weighted by Crippen LogP contribution is 2.14.